The van der Waals surface area contributed by atoms with Crippen molar-refractivity contribution in [1.82, 2.24) is 14.8 Å². The Kier molecular flexibility index (Phi) is 6.92. The molecule has 0 saturated carbocycles. The van der Waals surface area contributed by atoms with Gasteiger partial charge in [0.05, 0.1) is 11.1 Å². The summed E-state index contributed by atoms with van der Waals surface area (Å²) in [5.41, 5.74) is 1.16. The first-order valence-corrected chi connectivity index (χ1v) is 11.8. The first-order chi connectivity index (χ1) is 16.5. The van der Waals surface area contributed by atoms with Gasteiger partial charge in [0.1, 0.15) is 17.0 Å². The van der Waals surface area contributed by atoms with Crippen LogP contribution in [0.5, 0.6) is 5.75 Å². The standard InChI is InChI=1S/C26H31F2N3O4/c1-16(2)31-20-13-18(21(32)14-26(25(3,4)33)8-10-34-11-9-26)15-29-23(20)22(30-31)17-6-5-7-19(12-17)35-24(27)28/h5-7,12-13,15-16,24,33H,8-11,14H2,1-4H3. The molecular weight excluding hydrogens is 456 g/mol. The van der Waals surface area contributed by atoms with Gasteiger partial charge in [-0.2, -0.15) is 13.9 Å². The highest BCUT2D eigenvalue weighted by Crippen LogP contribution is 2.45. The highest BCUT2D eigenvalue weighted by Gasteiger charge is 2.46. The number of carbonyl (C=O) groups is 1. The Morgan fingerprint density at radius 1 is 1.26 bits per heavy atom. The molecule has 1 aliphatic rings. The highest BCUT2D eigenvalue weighted by atomic mass is 19.3. The van der Waals surface area contributed by atoms with Gasteiger partial charge in [0, 0.05) is 48.4 Å². The van der Waals surface area contributed by atoms with Crippen molar-refractivity contribution < 1.29 is 28.2 Å². The Bertz CT molecular complexity index is 1210. The number of pyridine rings is 1. The third-order valence-corrected chi connectivity index (χ3v) is 6.94. The Morgan fingerprint density at radius 2 is 1.97 bits per heavy atom. The van der Waals surface area contributed by atoms with Crippen LogP contribution >= 0.6 is 0 Å². The Labute approximate surface area is 203 Å². The van der Waals surface area contributed by atoms with Crippen LogP contribution in [0, 0.1) is 5.41 Å². The van der Waals surface area contributed by atoms with E-state index in [1.807, 2.05) is 13.8 Å². The molecule has 1 aromatic carbocycles. The summed E-state index contributed by atoms with van der Waals surface area (Å²) >= 11 is 0. The third kappa shape index (κ3) is 5.06. The Balaban J connectivity index is 1.73. The van der Waals surface area contributed by atoms with E-state index < -0.39 is 17.6 Å². The number of hydrogen-bond acceptors (Lipinski definition) is 6. The van der Waals surface area contributed by atoms with Crippen molar-refractivity contribution in [3.05, 3.63) is 42.1 Å². The number of rotatable bonds is 8. The van der Waals surface area contributed by atoms with Gasteiger partial charge in [-0.3, -0.25) is 14.5 Å². The molecule has 0 atom stereocenters. The van der Waals surface area contributed by atoms with Gasteiger partial charge in [0.2, 0.25) is 0 Å². The average Bonchev–Trinajstić information content (AvgIpc) is 3.18. The lowest BCUT2D eigenvalue weighted by atomic mass is 9.65. The van der Waals surface area contributed by atoms with Gasteiger partial charge in [-0.25, -0.2) is 0 Å². The van der Waals surface area contributed by atoms with Crippen molar-refractivity contribution in [3.63, 3.8) is 0 Å². The van der Waals surface area contributed by atoms with Crippen LogP contribution in [0.4, 0.5) is 8.78 Å². The molecule has 0 amide bonds. The molecule has 1 fully saturated rings. The second-order valence-corrected chi connectivity index (χ2v) is 9.94. The summed E-state index contributed by atoms with van der Waals surface area (Å²) < 4.78 is 37.2. The number of aliphatic hydroxyl groups is 1. The van der Waals surface area contributed by atoms with E-state index in [-0.39, 0.29) is 24.0 Å². The molecule has 0 spiro atoms. The number of Topliss-reactive ketones (excluding diaryl/α,β-unsaturated/α-hetero) is 1. The lowest BCUT2D eigenvalue weighted by molar-refractivity contribution is -0.111. The summed E-state index contributed by atoms with van der Waals surface area (Å²) in [6.45, 7) is 5.51. The molecule has 0 aliphatic carbocycles. The molecule has 0 radical (unpaired) electrons. The Hall–Kier alpha value is -2.91. The zero-order chi connectivity index (χ0) is 25.4. The van der Waals surface area contributed by atoms with Crippen molar-refractivity contribution in [2.24, 2.45) is 5.41 Å². The minimum absolute atomic E-state index is 0.0305. The van der Waals surface area contributed by atoms with Crippen molar-refractivity contribution in [3.8, 4) is 17.0 Å². The summed E-state index contributed by atoms with van der Waals surface area (Å²) in [7, 11) is 0. The van der Waals surface area contributed by atoms with Gasteiger partial charge in [0.25, 0.3) is 0 Å². The number of ketones is 1. The Morgan fingerprint density at radius 3 is 2.60 bits per heavy atom. The molecule has 2 aromatic heterocycles. The number of nitrogens with zero attached hydrogens (tertiary/aromatic N) is 3. The molecule has 3 aromatic rings. The van der Waals surface area contributed by atoms with E-state index in [2.05, 4.69) is 9.72 Å². The maximum absolute atomic E-state index is 13.4. The lowest BCUT2D eigenvalue weighted by Crippen LogP contribution is -2.48. The number of halogens is 2. The van der Waals surface area contributed by atoms with Gasteiger partial charge in [0.15, 0.2) is 5.78 Å². The van der Waals surface area contributed by atoms with Gasteiger partial charge >= 0.3 is 6.61 Å². The van der Waals surface area contributed by atoms with Crippen LogP contribution in [0.15, 0.2) is 36.5 Å². The quantitative estimate of drug-likeness (QED) is 0.427. The molecule has 1 N–H and O–H groups in total. The first kappa shape index (κ1) is 25.2. The van der Waals surface area contributed by atoms with Crippen LogP contribution in [0.1, 0.15) is 63.4 Å². The molecule has 9 heteroatoms. The molecule has 3 heterocycles. The fourth-order valence-corrected chi connectivity index (χ4v) is 4.76. The SMILES string of the molecule is CC(C)n1nc(-c2cccc(OC(F)F)c2)c2ncc(C(=O)CC3(C(C)(C)O)CCOCC3)cc21. The van der Waals surface area contributed by atoms with Crippen LogP contribution in [0.25, 0.3) is 22.3 Å². The number of ether oxygens (including phenoxy) is 2. The number of aromatic nitrogens is 3. The number of carbonyl (C=O) groups excluding carboxylic acids is 1. The summed E-state index contributed by atoms with van der Waals surface area (Å²) in [5.74, 6) is -0.0706. The number of hydrogen-bond donors (Lipinski definition) is 1. The van der Waals surface area contributed by atoms with E-state index in [0.29, 0.717) is 53.9 Å². The van der Waals surface area contributed by atoms with Crippen molar-refractivity contribution >= 4 is 16.8 Å². The third-order valence-electron chi connectivity index (χ3n) is 6.94. The molecule has 35 heavy (non-hydrogen) atoms. The van der Waals surface area contributed by atoms with Gasteiger partial charge < -0.3 is 14.6 Å². The predicted octanol–water partition coefficient (Wildman–Crippen LogP) is 5.42. The smallest absolute Gasteiger partial charge is 0.387 e. The van der Waals surface area contributed by atoms with Gasteiger partial charge in [-0.15, -0.1) is 0 Å². The van der Waals surface area contributed by atoms with Crippen molar-refractivity contribution in [2.75, 3.05) is 13.2 Å². The van der Waals surface area contributed by atoms with Crippen molar-refractivity contribution in [1.29, 1.82) is 0 Å². The van der Waals surface area contributed by atoms with E-state index in [0.717, 1.165) is 0 Å². The monoisotopic (exact) mass is 487 g/mol. The molecule has 1 aliphatic heterocycles. The fraction of sp³-hybridized carbons (Fsp3) is 0.500. The fourth-order valence-electron chi connectivity index (χ4n) is 4.76. The van der Waals surface area contributed by atoms with Crippen LogP contribution in [0.2, 0.25) is 0 Å². The van der Waals surface area contributed by atoms with Crippen molar-refractivity contribution in [2.45, 2.75) is 65.2 Å². The summed E-state index contributed by atoms with van der Waals surface area (Å²) in [6.07, 6.45) is 2.91. The average molecular weight is 488 g/mol. The maximum atomic E-state index is 13.4. The van der Waals surface area contributed by atoms with E-state index >= 15 is 0 Å². The highest BCUT2D eigenvalue weighted by molar-refractivity contribution is 6.00. The molecule has 4 rings (SSSR count). The minimum Gasteiger partial charge on any atom is -0.435 e. The van der Waals surface area contributed by atoms with Crippen LogP contribution in [-0.4, -0.2) is 51.1 Å². The maximum Gasteiger partial charge on any atom is 0.387 e. The minimum atomic E-state index is -2.93. The van der Waals surface area contributed by atoms with E-state index in [1.54, 1.807) is 36.7 Å². The second kappa shape index (κ2) is 9.62. The predicted molar refractivity (Wildman–Crippen MR) is 128 cm³/mol. The molecule has 188 valence electrons. The van der Waals surface area contributed by atoms with Crippen LogP contribution < -0.4 is 4.74 Å². The number of benzene rings is 1. The summed E-state index contributed by atoms with van der Waals surface area (Å²) in [6, 6.07) is 8.07. The van der Waals surface area contributed by atoms with E-state index in [9.17, 15) is 18.7 Å². The lowest BCUT2D eigenvalue weighted by Gasteiger charge is -2.45. The van der Waals surface area contributed by atoms with Gasteiger partial charge in [-0.05, 0) is 58.7 Å². The zero-order valence-corrected chi connectivity index (χ0v) is 20.4. The van der Waals surface area contributed by atoms with Gasteiger partial charge in [-0.1, -0.05) is 12.1 Å². The molecule has 7 nitrogen and oxygen atoms in total. The molecule has 0 unspecified atom stereocenters. The molecular formula is C26H31F2N3O4. The van der Waals surface area contributed by atoms with E-state index in [1.165, 1.54) is 18.3 Å². The largest absolute Gasteiger partial charge is 0.435 e. The van der Waals surface area contributed by atoms with Crippen LogP contribution in [-0.2, 0) is 4.74 Å². The topological polar surface area (TPSA) is 86.5 Å². The zero-order valence-electron chi connectivity index (χ0n) is 20.4. The summed E-state index contributed by atoms with van der Waals surface area (Å²) in [5, 5.41) is 15.6. The summed E-state index contributed by atoms with van der Waals surface area (Å²) in [4.78, 5) is 18.0. The molecule has 0 bridgehead atoms. The number of alkyl halides is 2. The van der Waals surface area contributed by atoms with Crippen LogP contribution in [0.3, 0.4) is 0 Å². The normalized spacial score (nSPS) is 16.3. The first-order valence-electron chi connectivity index (χ1n) is 11.8. The molecule has 1 saturated heterocycles. The number of fused-ring (bicyclic) bond motifs is 1. The second-order valence-electron chi connectivity index (χ2n) is 9.94. The van der Waals surface area contributed by atoms with E-state index in [4.69, 9.17) is 9.84 Å².